The maximum Gasteiger partial charge on any atom is 0.278 e. The van der Waals surface area contributed by atoms with Gasteiger partial charge in [0.15, 0.2) is 11.5 Å². The Labute approximate surface area is 236 Å². The zero-order valence-corrected chi connectivity index (χ0v) is 23.7. The number of aliphatic hydroxyl groups is 1. The molecule has 5 heterocycles. The van der Waals surface area contributed by atoms with E-state index in [1.807, 2.05) is 19.1 Å². The summed E-state index contributed by atoms with van der Waals surface area (Å²) >= 11 is 2.05. The summed E-state index contributed by atoms with van der Waals surface area (Å²) in [6.45, 7) is 8.12. The highest BCUT2D eigenvalue weighted by Gasteiger charge is 2.37. The van der Waals surface area contributed by atoms with Gasteiger partial charge in [-0.1, -0.05) is 19.1 Å². The van der Waals surface area contributed by atoms with Crippen LogP contribution in [0.3, 0.4) is 0 Å². The second-order valence-corrected chi connectivity index (χ2v) is 12.4. The number of allylic oxidation sites excluding steroid dienone is 1. The first-order valence-electron chi connectivity index (χ1n) is 13.9. The van der Waals surface area contributed by atoms with Gasteiger partial charge in [0.05, 0.1) is 12.2 Å². The second kappa shape index (κ2) is 9.57. The quantitative estimate of drug-likeness (QED) is 0.341. The number of aryl methyl sites for hydroxylation is 2. The zero-order valence-electron chi connectivity index (χ0n) is 22.9. The lowest BCUT2D eigenvalue weighted by Gasteiger charge is -2.36. The first kappa shape index (κ1) is 25.5. The molecule has 0 fully saturated rings. The molecule has 2 atom stereocenters. The highest BCUT2D eigenvalue weighted by atomic mass is 32.2. The van der Waals surface area contributed by atoms with Gasteiger partial charge in [0.2, 0.25) is 5.95 Å². The molecule has 0 radical (unpaired) electrons. The van der Waals surface area contributed by atoms with Crippen molar-refractivity contribution in [2.24, 2.45) is 0 Å². The summed E-state index contributed by atoms with van der Waals surface area (Å²) in [7, 11) is 2.18. The molecule has 2 aliphatic heterocycles. The molecule has 3 aromatic heterocycles. The van der Waals surface area contributed by atoms with Crippen LogP contribution in [0.15, 0.2) is 47.9 Å². The molecule has 9 nitrogen and oxygen atoms in total. The minimum Gasteiger partial charge on any atom is -0.384 e. The van der Waals surface area contributed by atoms with Crippen LogP contribution in [-0.2, 0) is 31.5 Å². The van der Waals surface area contributed by atoms with E-state index in [1.165, 1.54) is 16.7 Å². The average molecular weight is 556 g/mol. The number of likely N-dealkylation sites (N-methyl/N-ethyl adjacent to an activating group) is 1. The minimum absolute atomic E-state index is 0.209. The maximum atomic E-state index is 13.4. The largest absolute Gasteiger partial charge is 0.384 e. The van der Waals surface area contributed by atoms with Crippen LogP contribution in [0.4, 0.5) is 11.6 Å². The number of nitrogens with one attached hydrogen (secondary N) is 1. The predicted octanol–water partition coefficient (Wildman–Crippen LogP) is 4.23. The van der Waals surface area contributed by atoms with Crippen molar-refractivity contribution < 1.29 is 5.11 Å². The van der Waals surface area contributed by atoms with Gasteiger partial charge in [-0.3, -0.25) is 4.79 Å². The third-order valence-corrected chi connectivity index (χ3v) is 9.76. The van der Waals surface area contributed by atoms with Crippen molar-refractivity contribution in [3.05, 3.63) is 81.4 Å². The topological polar surface area (TPSA) is 101 Å². The Kier molecular flexibility index (Phi) is 6.10. The van der Waals surface area contributed by atoms with Crippen LogP contribution in [-0.4, -0.2) is 53.7 Å². The number of nitrogens with zero attached hydrogens (tertiary/aromatic N) is 6. The van der Waals surface area contributed by atoms with E-state index in [2.05, 4.69) is 52.7 Å². The van der Waals surface area contributed by atoms with Crippen LogP contribution in [0.25, 0.3) is 16.9 Å². The molecule has 7 rings (SSSR count). The monoisotopic (exact) mass is 555 g/mol. The molecule has 2 unspecified atom stereocenters. The Balaban J connectivity index is 1.33. The first-order chi connectivity index (χ1) is 19.4. The number of hydrogen-bond donors (Lipinski definition) is 2. The predicted molar refractivity (Wildman–Crippen MR) is 159 cm³/mol. The average Bonchev–Trinajstić information content (AvgIpc) is 3.42. The summed E-state index contributed by atoms with van der Waals surface area (Å²) in [6, 6.07) is 8.34. The number of aromatic nitrogens is 5. The zero-order chi connectivity index (χ0) is 27.6. The number of anilines is 2. The third kappa shape index (κ3) is 4.00. The summed E-state index contributed by atoms with van der Waals surface area (Å²) in [5.41, 5.74) is 6.23. The van der Waals surface area contributed by atoms with Gasteiger partial charge in [-0.25, -0.2) is 19.3 Å². The number of hydrogen-bond acceptors (Lipinski definition) is 8. The molecule has 0 bridgehead atoms. The van der Waals surface area contributed by atoms with Crippen LogP contribution in [0.1, 0.15) is 53.0 Å². The molecule has 1 aliphatic carbocycles. The molecule has 1 aromatic carbocycles. The smallest absolute Gasteiger partial charge is 0.278 e. The molecule has 0 amide bonds. The molecule has 0 saturated carbocycles. The van der Waals surface area contributed by atoms with Gasteiger partial charge in [0, 0.05) is 30.2 Å². The Morgan fingerprint density at radius 3 is 2.90 bits per heavy atom. The standard InChI is InChI=1S/C30H33N7O2S/c1-4-11-36-28(38)22-15-31-29(32-21-13-19-9-12-40-23-17-35(3)16-20(14-21)25(19)23)34-27(22)37(36)24-7-6-18-8-10-30(39,5-2)26(18)33-24/h4,6-7,13-15,23,39H,1,5,8-12,16-17H2,2-3H3,(H,31,32,34). The van der Waals surface area contributed by atoms with Gasteiger partial charge in [0.25, 0.3) is 5.56 Å². The van der Waals surface area contributed by atoms with E-state index in [4.69, 9.17) is 9.97 Å². The van der Waals surface area contributed by atoms with Gasteiger partial charge in [-0.15, -0.1) is 6.58 Å². The van der Waals surface area contributed by atoms with Gasteiger partial charge in [-0.2, -0.15) is 16.7 Å². The van der Waals surface area contributed by atoms with Crippen LogP contribution in [0.5, 0.6) is 0 Å². The lowest BCUT2D eigenvalue weighted by atomic mass is 9.92. The molecular formula is C30H33N7O2S. The van der Waals surface area contributed by atoms with E-state index in [0.29, 0.717) is 46.6 Å². The number of thioether (sulfide) groups is 1. The molecule has 0 spiro atoms. The van der Waals surface area contributed by atoms with E-state index in [0.717, 1.165) is 42.9 Å². The van der Waals surface area contributed by atoms with Crippen molar-refractivity contribution in [3.63, 3.8) is 0 Å². The van der Waals surface area contributed by atoms with E-state index >= 15 is 0 Å². The molecule has 4 aromatic rings. The van der Waals surface area contributed by atoms with Crippen LogP contribution in [0.2, 0.25) is 0 Å². The summed E-state index contributed by atoms with van der Waals surface area (Å²) < 4.78 is 3.30. The van der Waals surface area contributed by atoms with Crippen molar-refractivity contribution in [1.29, 1.82) is 0 Å². The molecule has 10 heteroatoms. The fraction of sp³-hybridized carbons (Fsp3) is 0.400. The van der Waals surface area contributed by atoms with Gasteiger partial charge in [-0.05, 0) is 78.9 Å². The number of benzene rings is 1. The Morgan fingerprint density at radius 1 is 1.23 bits per heavy atom. The van der Waals surface area contributed by atoms with Crippen molar-refractivity contribution in [2.45, 2.75) is 56.5 Å². The second-order valence-electron chi connectivity index (χ2n) is 11.1. The molecule has 206 valence electrons. The summed E-state index contributed by atoms with van der Waals surface area (Å²) in [5.74, 6) is 2.08. The number of fused-ring (bicyclic) bond motifs is 2. The van der Waals surface area contributed by atoms with Crippen molar-refractivity contribution >= 4 is 34.4 Å². The highest BCUT2D eigenvalue weighted by Crippen LogP contribution is 2.44. The Bertz CT molecular complexity index is 1730. The summed E-state index contributed by atoms with van der Waals surface area (Å²) in [5, 5.41) is 15.6. The van der Waals surface area contributed by atoms with E-state index in [-0.39, 0.29) is 12.1 Å². The lowest BCUT2D eigenvalue weighted by Crippen LogP contribution is -2.31. The van der Waals surface area contributed by atoms with Crippen LogP contribution in [0, 0.1) is 0 Å². The van der Waals surface area contributed by atoms with Crippen molar-refractivity contribution in [3.8, 4) is 5.82 Å². The third-order valence-electron chi connectivity index (χ3n) is 8.53. The molecule has 40 heavy (non-hydrogen) atoms. The van der Waals surface area contributed by atoms with Crippen LogP contribution < -0.4 is 10.9 Å². The normalized spacial score (nSPS) is 21.8. The van der Waals surface area contributed by atoms with E-state index in [9.17, 15) is 9.90 Å². The highest BCUT2D eigenvalue weighted by molar-refractivity contribution is 7.99. The van der Waals surface area contributed by atoms with Crippen LogP contribution >= 0.6 is 11.8 Å². The Hall–Kier alpha value is -3.47. The summed E-state index contributed by atoms with van der Waals surface area (Å²) in [4.78, 5) is 30.1. The van der Waals surface area contributed by atoms with E-state index < -0.39 is 5.60 Å². The molecule has 2 N–H and O–H groups in total. The molecule has 0 saturated heterocycles. The fourth-order valence-corrected chi connectivity index (χ4v) is 7.97. The molecule has 3 aliphatic rings. The SMILES string of the molecule is C=CCn1c(=O)c2cnc(Nc3cc4c5c(c3)CN(C)CC5SCC4)nc2n1-c1ccc2c(n1)C(O)(CC)CC2. The first-order valence-corrected chi connectivity index (χ1v) is 15.0. The summed E-state index contributed by atoms with van der Waals surface area (Å²) in [6.07, 6.45) is 6.34. The van der Waals surface area contributed by atoms with Gasteiger partial charge < -0.3 is 15.3 Å². The Morgan fingerprint density at radius 2 is 2.08 bits per heavy atom. The minimum atomic E-state index is -0.960. The number of pyridine rings is 1. The van der Waals surface area contributed by atoms with Gasteiger partial charge in [0.1, 0.15) is 11.0 Å². The number of rotatable bonds is 6. The fourth-order valence-electron chi connectivity index (χ4n) is 6.52. The van der Waals surface area contributed by atoms with Gasteiger partial charge >= 0.3 is 0 Å². The van der Waals surface area contributed by atoms with Crippen molar-refractivity contribution in [1.82, 2.24) is 29.2 Å². The lowest BCUT2D eigenvalue weighted by molar-refractivity contribution is 0.0306. The van der Waals surface area contributed by atoms with E-state index in [1.54, 1.807) is 21.6 Å². The van der Waals surface area contributed by atoms with Crippen molar-refractivity contribution in [2.75, 3.05) is 24.7 Å². The maximum absolute atomic E-state index is 13.4. The molecular weight excluding hydrogens is 522 g/mol.